The lowest BCUT2D eigenvalue weighted by Gasteiger charge is -2.59. The van der Waals surface area contributed by atoms with E-state index >= 15 is 0 Å². The van der Waals surface area contributed by atoms with Crippen molar-refractivity contribution in [3.05, 3.63) is 53.9 Å². The molecule has 7 heteroatoms. The summed E-state index contributed by atoms with van der Waals surface area (Å²) >= 11 is 1.36. The van der Waals surface area contributed by atoms with Crippen LogP contribution in [0.15, 0.2) is 47.6 Å². The third-order valence-electron chi connectivity index (χ3n) is 8.68. The third-order valence-corrected chi connectivity index (χ3v) is 9.62. The van der Waals surface area contributed by atoms with Crippen molar-refractivity contribution < 1.29 is 4.79 Å². The van der Waals surface area contributed by atoms with Gasteiger partial charge in [0.05, 0.1) is 5.75 Å². The second-order valence-electron chi connectivity index (χ2n) is 10.9. The van der Waals surface area contributed by atoms with E-state index in [1.54, 1.807) is 0 Å². The number of nitrogen functional groups attached to an aromatic ring is 1. The van der Waals surface area contributed by atoms with Gasteiger partial charge in [-0.2, -0.15) is 0 Å². The molecule has 4 bridgehead atoms. The van der Waals surface area contributed by atoms with Crippen molar-refractivity contribution >= 4 is 28.4 Å². The molecule has 2 aromatic carbocycles. The minimum Gasteiger partial charge on any atom is -0.352 e. The lowest BCUT2D eigenvalue weighted by molar-refractivity contribution is -0.123. The van der Waals surface area contributed by atoms with Gasteiger partial charge in [-0.05, 0) is 85.0 Å². The first-order valence-electron chi connectivity index (χ1n) is 12.6. The Bertz CT molecular complexity index is 1180. The maximum absolute atomic E-state index is 12.8. The van der Waals surface area contributed by atoms with Gasteiger partial charge >= 0.3 is 0 Å². The van der Waals surface area contributed by atoms with Crippen LogP contribution in [-0.2, 0) is 11.2 Å². The molecule has 0 saturated heterocycles. The number of nitrogens with zero attached hydrogens (tertiary/aromatic N) is 3. The highest BCUT2D eigenvalue weighted by Crippen LogP contribution is 2.61. The first-order chi connectivity index (χ1) is 16.5. The van der Waals surface area contributed by atoms with Crippen LogP contribution in [0.5, 0.6) is 0 Å². The van der Waals surface area contributed by atoms with E-state index in [9.17, 15) is 4.79 Å². The van der Waals surface area contributed by atoms with Gasteiger partial charge in [0.25, 0.3) is 0 Å². The van der Waals surface area contributed by atoms with Gasteiger partial charge in [0.15, 0.2) is 5.82 Å². The van der Waals surface area contributed by atoms with Gasteiger partial charge in [0.1, 0.15) is 0 Å². The zero-order valence-corrected chi connectivity index (χ0v) is 20.6. The largest absolute Gasteiger partial charge is 0.352 e. The minimum atomic E-state index is 0.0619. The second kappa shape index (κ2) is 8.59. The standard InChI is InChI=1S/C27H33N5OS/c1-17(27-13-18-9-19(14-27)11-20(10-18)15-27)29-25(33)16-34-26-31-30-24(32(26)28)12-22-7-4-6-21-5-2-3-8-23(21)22/h2-8,17-20H,9-16,28H2,1H3,(H,29,33). The zero-order chi connectivity index (χ0) is 23.3. The molecule has 1 aromatic heterocycles. The van der Waals surface area contributed by atoms with Gasteiger partial charge in [0.2, 0.25) is 11.1 Å². The summed E-state index contributed by atoms with van der Waals surface area (Å²) in [6.07, 6.45) is 8.74. The van der Waals surface area contributed by atoms with Crippen LogP contribution in [0.1, 0.15) is 56.8 Å². The van der Waals surface area contributed by atoms with Crippen LogP contribution < -0.4 is 11.2 Å². The Hall–Kier alpha value is -2.54. The Morgan fingerprint density at radius 2 is 1.76 bits per heavy atom. The third kappa shape index (κ3) is 3.98. The summed E-state index contributed by atoms with van der Waals surface area (Å²) in [4.78, 5) is 12.8. The minimum absolute atomic E-state index is 0.0619. The van der Waals surface area contributed by atoms with Crippen LogP contribution in [0.2, 0.25) is 0 Å². The van der Waals surface area contributed by atoms with Crippen molar-refractivity contribution in [2.45, 2.75) is 63.1 Å². The van der Waals surface area contributed by atoms with Crippen LogP contribution in [-0.4, -0.2) is 32.6 Å². The number of thioether (sulfide) groups is 1. The van der Waals surface area contributed by atoms with E-state index in [1.165, 1.54) is 65.7 Å². The van der Waals surface area contributed by atoms with E-state index in [0.29, 0.717) is 28.6 Å². The highest BCUT2D eigenvalue weighted by atomic mass is 32.2. The fourth-order valence-corrected chi connectivity index (χ4v) is 8.10. The average molecular weight is 476 g/mol. The smallest absolute Gasteiger partial charge is 0.230 e. The summed E-state index contributed by atoms with van der Waals surface area (Å²) in [5, 5.41) is 14.9. The molecular weight excluding hydrogens is 442 g/mol. The number of hydrogen-bond donors (Lipinski definition) is 2. The number of nitrogens with two attached hydrogens (primary N) is 1. The fraction of sp³-hybridized carbons (Fsp3) is 0.519. The Balaban J connectivity index is 1.08. The number of amides is 1. The van der Waals surface area contributed by atoms with E-state index in [0.717, 1.165) is 23.3 Å². The molecule has 4 fully saturated rings. The molecule has 1 heterocycles. The Labute approximate surface area is 205 Å². The maximum Gasteiger partial charge on any atom is 0.230 e. The van der Waals surface area contributed by atoms with Crippen molar-refractivity contribution in [3.63, 3.8) is 0 Å². The molecule has 0 radical (unpaired) electrons. The lowest BCUT2D eigenvalue weighted by Crippen LogP contribution is -2.56. The van der Waals surface area contributed by atoms with Crippen molar-refractivity contribution in [2.24, 2.45) is 23.2 Å². The Kier molecular flexibility index (Phi) is 5.55. The van der Waals surface area contributed by atoms with E-state index in [2.05, 4.69) is 52.8 Å². The highest BCUT2D eigenvalue weighted by molar-refractivity contribution is 7.99. The summed E-state index contributed by atoms with van der Waals surface area (Å²) in [5.41, 5.74) is 1.48. The molecule has 3 aromatic rings. The molecular formula is C27H33N5OS. The molecule has 4 aliphatic carbocycles. The molecule has 1 atom stereocenters. The molecule has 178 valence electrons. The molecule has 0 spiro atoms. The summed E-state index contributed by atoms with van der Waals surface area (Å²) < 4.78 is 1.53. The number of aromatic nitrogens is 3. The summed E-state index contributed by atoms with van der Waals surface area (Å²) in [6.45, 7) is 2.23. The number of carbonyl (C=O) groups excluding carboxylic acids is 1. The normalized spacial score (nSPS) is 28.3. The molecule has 34 heavy (non-hydrogen) atoms. The first kappa shape index (κ1) is 22.0. The van der Waals surface area contributed by atoms with E-state index in [-0.39, 0.29) is 11.9 Å². The molecule has 1 unspecified atom stereocenters. The Morgan fingerprint density at radius 1 is 1.09 bits per heavy atom. The van der Waals surface area contributed by atoms with Crippen LogP contribution >= 0.6 is 11.8 Å². The van der Waals surface area contributed by atoms with Crippen molar-refractivity contribution in [1.29, 1.82) is 0 Å². The number of nitrogens with one attached hydrogen (secondary N) is 1. The number of hydrogen-bond acceptors (Lipinski definition) is 5. The predicted octanol–water partition coefficient (Wildman–Crippen LogP) is 4.55. The van der Waals surface area contributed by atoms with E-state index in [1.807, 2.05) is 12.1 Å². The van der Waals surface area contributed by atoms with Gasteiger partial charge in [-0.25, -0.2) is 4.68 Å². The van der Waals surface area contributed by atoms with Crippen LogP contribution in [0.3, 0.4) is 0 Å². The molecule has 7 rings (SSSR count). The van der Waals surface area contributed by atoms with Gasteiger partial charge in [-0.15, -0.1) is 10.2 Å². The van der Waals surface area contributed by atoms with Crippen molar-refractivity contribution in [3.8, 4) is 0 Å². The first-order valence-corrected chi connectivity index (χ1v) is 13.6. The number of rotatable bonds is 7. The summed E-state index contributed by atoms with van der Waals surface area (Å²) in [7, 11) is 0. The predicted molar refractivity (Wildman–Crippen MR) is 136 cm³/mol. The molecule has 0 aliphatic heterocycles. The zero-order valence-electron chi connectivity index (χ0n) is 19.7. The van der Waals surface area contributed by atoms with Crippen molar-refractivity contribution in [2.75, 3.05) is 11.6 Å². The number of fused-ring (bicyclic) bond motifs is 1. The van der Waals surface area contributed by atoms with Gasteiger partial charge < -0.3 is 11.2 Å². The molecule has 4 saturated carbocycles. The van der Waals surface area contributed by atoms with Crippen LogP contribution in [0.4, 0.5) is 0 Å². The fourth-order valence-electron chi connectivity index (χ4n) is 7.42. The maximum atomic E-state index is 12.8. The topological polar surface area (TPSA) is 85.8 Å². The Morgan fingerprint density at radius 3 is 2.50 bits per heavy atom. The second-order valence-corrected chi connectivity index (χ2v) is 11.9. The quantitative estimate of drug-likeness (QED) is 0.387. The van der Waals surface area contributed by atoms with Crippen molar-refractivity contribution in [1.82, 2.24) is 20.2 Å². The van der Waals surface area contributed by atoms with Crippen LogP contribution in [0, 0.1) is 23.2 Å². The molecule has 4 aliphatic rings. The van der Waals surface area contributed by atoms with E-state index in [4.69, 9.17) is 5.84 Å². The summed E-state index contributed by atoms with van der Waals surface area (Å²) in [6, 6.07) is 14.8. The molecule has 1 amide bonds. The number of carbonyl (C=O) groups is 1. The van der Waals surface area contributed by atoms with Gasteiger partial charge in [-0.3, -0.25) is 4.79 Å². The van der Waals surface area contributed by atoms with Gasteiger partial charge in [-0.1, -0.05) is 54.2 Å². The average Bonchev–Trinajstić information content (AvgIpc) is 3.16. The lowest BCUT2D eigenvalue weighted by atomic mass is 9.48. The SMILES string of the molecule is CC(NC(=O)CSc1nnc(Cc2cccc3ccccc23)n1N)C12CC3CC(CC(C3)C1)C2. The molecule has 6 nitrogen and oxygen atoms in total. The highest BCUT2D eigenvalue weighted by Gasteiger charge is 2.53. The van der Waals surface area contributed by atoms with E-state index < -0.39 is 0 Å². The van der Waals surface area contributed by atoms with Gasteiger partial charge in [0, 0.05) is 12.5 Å². The van der Waals surface area contributed by atoms with Crippen LogP contribution in [0.25, 0.3) is 10.8 Å². The summed E-state index contributed by atoms with van der Waals surface area (Å²) in [5.74, 6) is 10.0. The number of benzene rings is 2. The monoisotopic (exact) mass is 475 g/mol. The molecule has 3 N–H and O–H groups in total.